The first-order valence-corrected chi connectivity index (χ1v) is 14.3. The summed E-state index contributed by atoms with van der Waals surface area (Å²) in [6, 6.07) is 31.0. The molecule has 1 aliphatic rings. The molecule has 1 atom stereocenters. The van der Waals surface area contributed by atoms with Gasteiger partial charge in [-0.2, -0.15) is 13.2 Å². The Hall–Kier alpha value is -4.72. The number of fused-ring (bicyclic) bond motifs is 1. The van der Waals surface area contributed by atoms with Crippen molar-refractivity contribution in [2.24, 2.45) is 7.05 Å². The van der Waals surface area contributed by atoms with Crippen molar-refractivity contribution in [2.45, 2.75) is 18.5 Å². The summed E-state index contributed by atoms with van der Waals surface area (Å²) in [6.45, 7) is 1.81. The van der Waals surface area contributed by atoms with Gasteiger partial charge in [-0.25, -0.2) is 0 Å². The first-order valence-electron chi connectivity index (χ1n) is 14.3. The molecule has 1 fully saturated rings. The summed E-state index contributed by atoms with van der Waals surface area (Å²) in [5.41, 5.74) is 2.97. The monoisotopic (exact) mass is 583 g/mol. The van der Waals surface area contributed by atoms with Crippen LogP contribution >= 0.6 is 0 Å². The summed E-state index contributed by atoms with van der Waals surface area (Å²) >= 11 is 0. The molecule has 2 heterocycles. The molecule has 1 amide bonds. The van der Waals surface area contributed by atoms with Gasteiger partial charge in [0.1, 0.15) is 11.5 Å². The number of aryl methyl sites for hydroxylation is 1. The first-order chi connectivity index (χ1) is 20.8. The van der Waals surface area contributed by atoms with Gasteiger partial charge in [-0.3, -0.25) is 4.79 Å². The van der Waals surface area contributed by atoms with E-state index in [0.29, 0.717) is 37.6 Å². The second-order valence-corrected chi connectivity index (χ2v) is 10.9. The SMILES string of the molecule is Cn1cc(C(CC(=O)N2CCN(c3cccc(C(F)(F)F)c3)CC2)c2cccc(Oc3ccccc3)c2)c2ccccc21. The second-order valence-electron chi connectivity index (χ2n) is 10.9. The van der Waals surface area contributed by atoms with Gasteiger partial charge in [-0.05, 0) is 59.7 Å². The van der Waals surface area contributed by atoms with Crippen LogP contribution in [0.15, 0.2) is 109 Å². The van der Waals surface area contributed by atoms with E-state index in [1.54, 1.807) is 6.07 Å². The minimum Gasteiger partial charge on any atom is -0.457 e. The predicted octanol–water partition coefficient (Wildman–Crippen LogP) is 7.86. The fourth-order valence-corrected chi connectivity index (χ4v) is 5.87. The van der Waals surface area contributed by atoms with Crippen molar-refractivity contribution in [1.29, 1.82) is 0 Å². The van der Waals surface area contributed by atoms with Crippen LogP contribution in [0.1, 0.15) is 29.0 Å². The Bertz CT molecular complexity index is 1720. The standard InChI is InChI=1S/C35H32F3N3O2/c1-39-24-32(30-15-5-6-16-33(30)39)31(25-9-7-14-29(21-25)43-28-12-3-2-4-13-28)23-34(42)41-19-17-40(18-20-41)27-11-8-10-26(22-27)35(36,37)38/h2-16,21-22,24,31H,17-20,23H2,1H3. The number of hydrogen-bond acceptors (Lipinski definition) is 3. The van der Waals surface area contributed by atoms with Gasteiger partial charge in [0.05, 0.1) is 5.56 Å². The van der Waals surface area contributed by atoms with Crippen LogP contribution in [-0.4, -0.2) is 41.6 Å². The van der Waals surface area contributed by atoms with E-state index in [9.17, 15) is 18.0 Å². The molecule has 0 N–H and O–H groups in total. The third-order valence-electron chi connectivity index (χ3n) is 8.09. The van der Waals surface area contributed by atoms with Crippen molar-refractivity contribution < 1.29 is 22.7 Å². The van der Waals surface area contributed by atoms with Gasteiger partial charge in [0, 0.05) is 68.4 Å². The lowest BCUT2D eigenvalue weighted by molar-refractivity contribution is -0.137. The van der Waals surface area contributed by atoms with Crippen molar-refractivity contribution in [3.63, 3.8) is 0 Å². The molecule has 0 saturated carbocycles. The number of ether oxygens (including phenoxy) is 1. The van der Waals surface area contributed by atoms with E-state index in [2.05, 4.69) is 22.9 Å². The smallest absolute Gasteiger partial charge is 0.416 e. The molecule has 5 nitrogen and oxygen atoms in total. The lowest BCUT2D eigenvalue weighted by atomic mass is 9.87. The molecule has 1 unspecified atom stereocenters. The van der Waals surface area contributed by atoms with E-state index >= 15 is 0 Å². The highest BCUT2D eigenvalue weighted by atomic mass is 19.4. The molecular weight excluding hydrogens is 551 g/mol. The van der Waals surface area contributed by atoms with Crippen LogP contribution < -0.4 is 9.64 Å². The average Bonchev–Trinajstić information content (AvgIpc) is 3.36. The third kappa shape index (κ3) is 6.23. The van der Waals surface area contributed by atoms with Crippen molar-refractivity contribution in [3.05, 3.63) is 126 Å². The van der Waals surface area contributed by atoms with Gasteiger partial charge in [0.15, 0.2) is 0 Å². The molecule has 1 aromatic heterocycles. The Labute approximate surface area is 248 Å². The lowest BCUT2D eigenvalue weighted by Gasteiger charge is -2.37. The Morgan fingerprint density at radius 3 is 2.28 bits per heavy atom. The zero-order valence-electron chi connectivity index (χ0n) is 23.8. The highest BCUT2D eigenvalue weighted by Crippen LogP contribution is 2.37. The number of aromatic nitrogens is 1. The average molecular weight is 584 g/mol. The predicted molar refractivity (Wildman–Crippen MR) is 163 cm³/mol. The van der Waals surface area contributed by atoms with Gasteiger partial charge in [-0.1, -0.05) is 54.6 Å². The van der Waals surface area contributed by atoms with Crippen LogP contribution in [0.25, 0.3) is 10.9 Å². The molecule has 0 radical (unpaired) electrons. The lowest BCUT2D eigenvalue weighted by Crippen LogP contribution is -2.49. The van der Waals surface area contributed by atoms with Gasteiger partial charge in [-0.15, -0.1) is 0 Å². The molecular formula is C35H32F3N3O2. The number of carbonyl (C=O) groups excluding carboxylic acids is 1. The molecule has 0 bridgehead atoms. The molecule has 1 saturated heterocycles. The molecule has 43 heavy (non-hydrogen) atoms. The van der Waals surface area contributed by atoms with E-state index in [-0.39, 0.29) is 18.2 Å². The quantitative estimate of drug-likeness (QED) is 0.196. The second kappa shape index (κ2) is 11.9. The number of halogens is 3. The molecule has 220 valence electrons. The van der Waals surface area contributed by atoms with Crippen molar-refractivity contribution in [1.82, 2.24) is 9.47 Å². The number of anilines is 1. The molecule has 5 aromatic rings. The van der Waals surface area contributed by atoms with Crippen LogP contribution in [0.3, 0.4) is 0 Å². The highest BCUT2D eigenvalue weighted by molar-refractivity contribution is 5.86. The summed E-state index contributed by atoms with van der Waals surface area (Å²) in [5, 5.41) is 1.09. The first kappa shape index (κ1) is 28.4. The maximum absolute atomic E-state index is 13.8. The van der Waals surface area contributed by atoms with Crippen LogP contribution in [0.2, 0.25) is 0 Å². The number of amides is 1. The summed E-state index contributed by atoms with van der Waals surface area (Å²) < 4.78 is 48.0. The Kier molecular flexibility index (Phi) is 7.84. The summed E-state index contributed by atoms with van der Waals surface area (Å²) in [6.07, 6.45) is -2.04. The molecule has 6 rings (SSSR count). The zero-order valence-corrected chi connectivity index (χ0v) is 23.8. The van der Waals surface area contributed by atoms with Crippen molar-refractivity contribution in [3.8, 4) is 11.5 Å². The van der Waals surface area contributed by atoms with Crippen molar-refractivity contribution in [2.75, 3.05) is 31.1 Å². The number of benzene rings is 4. The number of piperazine rings is 1. The van der Waals surface area contributed by atoms with E-state index in [1.807, 2.05) is 83.6 Å². The van der Waals surface area contributed by atoms with E-state index < -0.39 is 11.7 Å². The van der Waals surface area contributed by atoms with Crippen molar-refractivity contribution >= 4 is 22.5 Å². The van der Waals surface area contributed by atoms with E-state index in [1.165, 1.54) is 12.1 Å². The van der Waals surface area contributed by atoms with Gasteiger partial charge < -0.3 is 19.1 Å². The minimum atomic E-state index is -4.39. The molecule has 0 spiro atoms. The normalized spacial score (nSPS) is 14.6. The number of rotatable bonds is 7. The Morgan fingerprint density at radius 1 is 0.814 bits per heavy atom. The topological polar surface area (TPSA) is 37.7 Å². The van der Waals surface area contributed by atoms with Gasteiger partial charge in [0.25, 0.3) is 0 Å². The number of hydrogen-bond donors (Lipinski definition) is 0. The van der Waals surface area contributed by atoms with E-state index in [4.69, 9.17) is 4.74 Å². The largest absolute Gasteiger partial charge is 0.457 e. The maximum Gasteiger partial charge on any atom is 0.416 e. The highest BCUT2D eigenvalue weighted by Gasteiger charge is 2.32. The van der Waals surface area contributed by atoms with Crippen LogP contribution in [0.5, 0.6) is 11.5 Å². The maximum atomic E-state index is 13.8. The fourth-order valence-electron chi connectivity index (χ4n) is 5.87. The minimum absolute atomic E-state index is 0.0102. The number of para-hydroxylation sites is 2. The zero-order chi connectivity index (χ0) is 30.0. The van der Waals surface area contributed by atoms with Crippen LogP contribution in [0, 0.1) is 0 Å². The number of nitrogens with zero attached hydrogens (tertiary/aromatic N) is 3. The Balaban J connectivity index is 1.24. The fraction of sp³-hybridized carbons (Fsp3) is 0.229. The third-order valence-corrected chi connectivity index (χ3v) is 8.09. The van der Waals surface area contributed by atoms with Gasteiger partial charge in [0.2, 0.25) is 5.91 Å². The summed E-state index contributed by atoms with van der Waals surface area (Å²) in [5.74, 6) is 1.21. The number of carbonyl (C=O) groups is 1. The molecule has 1 aliphatic heterocycles. The molecule has 8 heteroatoms. The Morgan fingerprint density at radius 2 is 1.51 bits per heavy atom. The summed E-state index contributed by atoms with van der Waals surface area (Å²) in [7, 11) is 2.01. The van der Waals surface area contributed by atoms with Crippen LogP contribution in [-0.2, 0) is 18.0 Å². The van der Waals surface area contributed by atoms with Crippen LogP contribution in [0.4, 0.5) is 18.9 Å². The summed E-state index contributed by atoms with van der Waals surface area (Å²) in [4.78, 5) is 17.6. The molecule has 0 aliphatic carbocycles. The van der Waals surface area contributed by atoms with Gasteiger partial charge >= 0.3 is 6.18 Å². The molecule has 4 aromatic carbocycles. The number of alkyl halides is 3. The van der Waals surface area contributed by atoms with E-state index in [0.717, 1.165) is 33.8 Å².